The summed E-state index contributed by atoms with van der Waals surface area (Å²) < 4.78 is 72.4. The van der Waals surface area contributed by atoms with Gasteiger partial charge in [0.1, 0.15) is 17.4 Å². The number of alkyl halides is 3. The number of halogens is 6. The summed E-state index contributed by atoms with van der Waals surface area (Å²) in [4.78, 5) is 26.1. The number of amides is 1. The zero-order chi connectivity index (χ0) is 30.6. The minimum atomic E-state index is -4.88. The van der Waals surface area contributed by atoms with Gasteiger partial charge in [-0.15, -0.1) is 13.2 Å². The van der Waals surface area contributed by atoms with Crippen LogP contribution in [0.1, 0.15) is 65.1 Å². The fourth-order valence-corrected chi connectivity index (χ4v) is 5.30. The highest BCUT2D eigenvalue weighted by Crippen LogP contribution is 2.45. The predicted molar refractivity (Wildman–Crippen MR) is 147 cm³/mol. The van der Waals surface area contributed by atoms with Crippen molar-refractivity contribution in [1.82, 2.24) is 10.3 Å². The molecule has 0 aliphatic carbocycles. The molecule has 0 bridgehead atoms. The molecule has 1 heterocycles. The Morgan fingerprint density at radius 1 is 1.02 bits per heavy atom. The van der Waals surface area contributed by atoms with Crippen LogP contribution < -0.4 is 10.1 Å². The molecule has 4 rings (SSSR count). The van der Waals surface area contributed by atoms with Crippen molar-refractivity contribution in [3.05, 3.63) is 99.7 Å². The van der Waals surface area contributed by atoms with Crippen LogP contribution >= 0.6 is 11.6 Å². The molecule has 0 radical (unpaired) electrons. The number of rotatable bonds is 11. The third-order valence-electron chi connectivity index (χ3n) is 6.84. The Morgan fingerprint density at radius 3 is 2.33 bits per heavy atom. The van der Waals surface area contributed by atoms with Crippen LogP contribution in [0.3, 0.4) is 0 Å². The fourth-order valence-electron chi connectivity index (χ4n) is 5.10. The van der Waals surface area contributed by atoms with Gasteiger partial charge in [0.15, 0.2) is 0 Å². The molecule has 2 unspecified atom stereocenters. The lowest BCUT2D eigenvalue weighted by Crippen LogP contribution is -2.27. The number of benzene rings is 3. The number of carboxylic acids is 1. The van der Waals surface area contributed by atoms with Crippen molar-refractivity contribution >= 4 is 34.4 Å². The van der Waals surface area contributed by atoms with E-state index < -0.39 is 47.5 Å². The molecule has 1 aromatic heterocycles. The molecule has 2 atom stereocenters. The van der Waals surface area contributed by atoms with E-state index in [1.54, 1.807) is 18.3 Å². The van der Waals surface area contributed by atoms with E-state index in [2.05, 4.69) is 15.0 Å². The van der Waals surface area contributed by atoms with E-state index in [0.717, 1.165) is 6.07 Å². The highest BCUT2D eigenvalue weighted by atomic mass is 35.5. The molecule has 0 saturated heterocycles. The van der Waals surface area contributed by atoms with Crippen molar-refractivity contribution in [2.45, 2.75) is 44.4 Å². The van der Waals surface area contributed by atoms with Crippen LogP contribution in [-0.4, -0.2) is 34.9 Å². The standard InChI is InChI=1S/C30H26ClF5N2O4/c1-2-3-20(17-6-9-21(24(32)12-17)29(41)37-11-10-26(39)40)27(16-4-7-19(8-5-16)42-30(34,35)36)23-15-38-28-22(23)13-18(31)14-25(28)33/h4-9,12-15,20,27,38H,2-3,10-11H2,1H3,(H,37,41)(H,39,40). The number of H-pyrrole nitrogens is 1. The number of hydrogen-bond acceptors (Lipinski definition) is 3. The molecule has 3 aromatic carbocycles. The van der Waals surface area contributed by atoms with Gasteiger partial charge in [-0.3, -0.25) is 9.59 Å². The topological polar surface area (TPSA) is 91.4 Å². The molecule has 4 aromatic rings. The smallest absolute Gasteiger partial charge is 0.481 e. The molecule has 0 aliphatic heterocycles. The summed E-state index contributed by atoms with van der Waals surface area (Å²) in [6.45, 7) is 1.74. The van der Waals surface area contributed by atoms with Gasteiger partial charge in [-0.25, -0.2) is 8.78 Å². The van der Waals surface area contributed by atoms with Crippen molar-refractivity contribution in [3.63, 3.8) is 0 Å². The maximum atomic E-state index is 15.3. The zero-order valence-corrected chi connectivity index (χ0v) is 23.0. The summed E-state index contributed by atoms with van der Waals surface area (Å²) in [5.74, 6) is -4.80. The minimum absolute atomic E-state index is 0.143. The van der Waals surface area contributed by atoms with Crippen LogP contribution in [0.4, 0.5) is 22.0 Å². The van der Waals surface area contributed by atoms with Gasteiger partial charge in [-0.05, 0) is 65.4 Å². The van der Waals surface area contributed by atoms with Gasteiger partial charge in [0.25, 0.3) is 5.91 Å². The van der Waals surface area contributed by atoms with Gasteiger partial charge in [-0.2, -0.15) is 0 Å². The summed E-state index contributed by atoms with van der Waals surface area (Å²) in [6.07, 6.45) is -2.49. The Bertz CT molecular complexity index is 1590. The number of ether oxygens (including phenoxy) is 1. The molecule has 6 nitrogen and oxygen atoms in total. The highest BCUT2D eigenvalue weighted by molar-refractivity contribution is 6.31. The Hall–Kier alpha value is -4.12. The predicted octanol–water partition coefficient (Wildman–Crippen LogP) is 7.92. The first-order chi connectivity index (χ1) is 19.9. The third-order valence-corrected chi connectivity index (χ3v) is 7.06. The molecule has 1 amide bonds. The molecule has 12 heteroatoms. The third kappa shape index (κ3) is 7.20. The average Bonchev–Trinajstić information content (AvgIpc) is 3.32. The van der Waals surface area contributed by atoms with E-state index in [4.69, 9.17) is 16.7 Å². The van der Waals surface area contributed by atoms with Crippen LogP contribution in [0.25, 0.3) is 10.9 Å². The van der Waals surface area contributed by atoms with E-state index in [9.17, 15) is 27.2 Å². The number of carbonyl (C=O) groups is 2. The second-order valence-corrected chi connectivity index (χ2v) is 10.1. The van der Waals surface area contributed by atoms with Gasteiger partial charge in [0.2, 0.25) is 0 Å². The van der Waals surface area contributed by atoms with Crippen molar-refractivity contribution in [2.75, 3.05) is 6.54 Å². The normalized spacial score (nSPS) is 13.1. The van der Waals surface area contributed by atoms with Crippen LogP contribution in [0.2, 0.25) is 5.02 Å². The Balaban J connectivity index is 1.80. The number of carbonyl (C=O) groups excluding carboxylic acids is 1. The maximum Gasteiger partial charge on any atom is 0.573 e. The number of carboxylic acid groups (broad SMARTS) is 1. The molecule has 0 fully saturated rings. The van der Waals surface area contributed by atoms with Crippen LogP contribution in [0.5, 0.6) is 5.75 Å². The highest BCUT2D eigenvalue weighted by Gasteiger charge is 2.32. The SMILES string of the molecule is CCCC(c1ccc(C(=O)NCCC(=O)O)c(F)c1)C(c1ccc(OC(F)(F)F)cc1)c1c[nH]c2c(F)cc(Cl)cc12. The van der Waals surface area contributed by atoms with Crippen molar-refractivity contribution < 1.29 is 41.4 Å². The van der Waals surface area contributed by atoms with Gasteiger partial charge >= 0.3 is 12.3 Å². The maximum absolute atomic E-state index is 15.3. The minimum Gasteiger partial charge on any atom is -0.481 e. The first-order valence-corrected chi connectivity index (χ1v) is 13.4. The van der Waals surface area contributed by atoms with Gasteiger partial charge in [-0.1, -0.05) is 43.1 Å². The number of aromatic amines is 1. The average molecular weight is 609 g/mol. The lowest BCUT2D eigenvalue weighted by molar-refractivity contribution is -0.274. The van der Waals surface area contributed by atoms with E-state index in [1.807, 2.05) is 6.92 Å². The largest absolute Gasteiger partial charge is 0.573 e. The van der Waals surface area contributed by atoms with E-state index in [1.165, 1.54) is 36.4 Å². The van der Waals surface area contributed by atoms with Crippen LogP contribution in [-0.2, 0) is 4.79 Å². The molecule has 222 valence electrons. The fraction of sp³-hybridized carbons (Fsp3) is 0.267. The Morgan fingerprint density at radius 2 is 1.71 bits per heavy atom. The summed E-state index contributed by atoms with van der Waals surface area (Å²) in [5, 5.41) is 11.7. The van der Waals surface area contributed by atoms with Crippen molar-refractivity contribution in [3.8, 4) is 5.75 Å². The van der Waals surface area contributed by atoms with Crippen molar-refractivity contribution in [1.29, 1.82) is 0 Å². The van der Waals surface area contributed by atoms with E-state index in [0.29, 0.717) is 34.9 Å². The first kappa shape index (κ1) is 30.8. The number of fused-ring (bicyclic) bond motifs is 1. The number of aliphatic carboxylic acids is 1. The summed E-state index contributed by atoms with van der Waals surface area (Å²) >= 11 is 6.17. The Labute approximate surface area is 242 Å². The van der Waals surface area contributed by atoms with E-state index in [-0.39, 0.29) is 29.1 Å². The summed E-state index contributed by atoms with van der Waals surface area (Å²) in [7, 11) is 0. The van der Waals surface area contributed by atoms with Crippen molar-refractivity contribution in [2.24, 2.45) is 0 Å². The number of nitrogens with one attached hydrogen (secondary N) is 2. The summed E-state index contributed by atoms with van der Waals surface area (Å²) in [5.41, 5.74) is 1.55. The van der Waals surface area contributed by atoms with Crippen LogP contribution in [0, 0.1) is 11.6 Å². The first-order valence-electron chi connectivity index (χ1n) is 13.0. The molecule has 0 spiro atoms. The number of aromatic nitrogens is 1. The summed E-state index contributed by atoms with van der Waals surface area (Å²) in [6, 6.07) is 12.1. The van der Waals surface area contributed by atoms with Gasteiger partial charge < -0.3 is 20.1 Å². The van der Waals surface area contributed by atoms with Gasteiger partial charge in [0, 0.05) is 29.1 Å². The van der Waals surface area contributed by atoms with Gasteiger partial charge in [0.05, 0.1) is 17.5 Å². The lowest BCUT2D eigenvalue weighted by Gasteiger charge is -2.29. The molecule has 42 heavy (non-hydrogen) atoms. The Kier molecular flexibility index (Phi) is 9.40. The second-order valence-electron chi connectivity index (χ2n) is 9.68. The number of hydrogen-bond donors (Lipinski definition) is 3. The zero-order valence-electron chi connectivity index (χ0n) is 22.2. The lowest BCUT2D eigenvalue weighted by atomic mass is 9.75. The molecule has 3 N–H and O–H groups in total. The monoisotopic (exact) mass is 608 g/mol. The van der Waals surface area contributed by atoms with Crippen LogP contribution in [0.15, 0.2) is 60.8 Å². The molecular formula is C30H26ClF5N2O4. The van der Waals surface area contributed by atoms with E-state index >= 15 is 4.39 Å². The molecular weight excluding hydrogens is 583 g/mol. The molecule has 0 saturated carbocycles. The second kappa shape index (κ2) is 12.8. The molecule has 0 aliphatic rings. The quantitative estimate of drug-likeness (QED) is 0.151.